The summed E-state index contributed by atoms with van der Waals surface area (Å²) in [4.78, 5) is 29.6. The van der Waals surface area contributed by atoms with Gasteiger partial charge in [-0.05, 0) is 66.4 Å². The lowest BCUT2D eigenvalue weighted by atomic mass is 10.0. The summed E-state index contributed by atoms with van der Waals surface area (Å²) < 4.78 is 43.1. The van der Waals surface area contributed by atoms with Crippen molar-refractivity contribution in [3.63, 3.8) is 0 Å². The first-order valence-electron chi connectivity index (χ1n) is 14.7. The summed E-state index contributed by atoms with van der Waals surface area (Å²) in [5, 5.41) is 3.21. The van der Waals surface area contributed by atoms with Gasteiger partial charge in [0.05, 0.1) is 15.6 Å². The molecule has 4 aromatic carbocycles. The van der Waals surface area contributed by atoms with Crippen LogP contribution in [0.2, 0.25) is 10.0 Å². The Hall–Kier alpha value is -3.92. The fraction of sp³-hybridized carbons (Fsp3) is 0.257. The van der Waals surface area contributed by atoms with Gasteiger partial charge in [-0.25, -0.2) is 12.8 Å². The first kappa shape index (κ1) is 34.9. The van der Waals surface area contributed by atoms with Crippen LogP contribution in [0.15, 0.2) is 102 Å². The third-order valence-corrected chi connectivity index (χ3v) is 9.62. The van der Waals surface area contributed by atoms with E-state index >= 15 is 0 Å². The Morgan fingerprint density at radius 2 is 1.52 bits per heavy atom. The molecule has 0 aromatic heterocycles. The van der Waals surface area contributed by atoms with Crippen LogP contribution < -0.4 is 9.62 Å². The summed E-state index contributed by atoms with van der Waals surface area (Å²) in [7, 11) is -4.35. The molecular formula is C35H36Cl2FN3O4S. The molecule has 242 valence electrons. The molecule has 4 rings (SSSR count). The third kappa shape index (κ3) is 9.09. The van der Waals surface area contributed by atoms with Gasteiger partial charge in [0, 0.05) is 24.5 Å². The van der Waals surface area contributed by atoms with Gasteiger partial charge in [-0.3, -0.25) is 13.9 Å². The molecule has 0 saturated heterocycles. The Labute approximate surface area is 280 Å². The molecule has 0 unspecified atom stereocenters. The Morgan fingerprint density at radius 3 is 2.15 bits per heavy atom. The van der Waals surface area contributed by atoms with Gasteiger partial charge in [-0.1, -0.05) is 97.2 Å². The average Bonchev–Trinajstić information content (AvgIpc) is 3.03. The number of hydrogen-bond donors (Lipinski definition) is 1. The second kappa shape index (κ2) is 15.6. The third-order valence-electron chi connectivity index (χ3n) is 7.29. The van der Waals surface area contributed by atoms with Gasteiger partial charge >= 0.3 is 0 Å². The van der Waals surface area contributed by atoms with Crippen molar-refractivity contribution in [2.75, 3.05) is 17.4 Å². The van der Waals surface area contributed by atoms with Crippen molar-refractivity contribution < 1.29 is 22.4 Å². The molecule has 11 heteroatoms. The number of aryl methyl sites for hydroxylation is 1. The van der Waals surface area contributed by atoms with Gasteiger partial charge in [-0.2, -0.15) is 0 Å². The topological polar surface area (TPSA) is 86.8 Å². The number of hydrogen-bond acceptors (Lipinski definition) is 4. The average molecular weight is 685 g/mol. The van der Waals surface area contributed by atoms with E-state index in [0.29, 0.717) is 12.1 Å². The van der Waals surface area contributed by atoms with E-state index in [1.54, 1.807) is 12.1 Å². The molecule has 0 heterocycles. The number of halogens is 3. The second-order valence-corrected chi connectivity index (χ2v) is 14.1. The van der Waals surface area contributed by atoms with E-state index in [4.69, 9.17) is 23.2 Å². The Bertz CT molecular complexity index is 1750. The molecule has 1 atom stereocenters. The first-order chi connectivity index (χ1) is 21.8. The maximum absolute atomic E-state index is 14.5. The van der Waals surface area contributed by atoms with Crippen LogP contribution in [0.5, 0.6) is 0 Å². The maximum Gasteiger partial charge on any atom is 0.264 e. The number of benzene rings is 4. The fourth-order valence-corrected chi connectivity index (χ4v) is 6.65. The number of nitrogens with one attached hydrogen (secondary N) is 1. The molecule has 0 fully saturated rings. The Kier molecular flexibility index (Phi) is 11.8. The lowest BCUT2D eigenvalue weighted by Crippen LogP contribution is -2.53. The van der Waals surface area contributed by atoms with Crippen LogP contribution in [-0.2, 0) is 32.6 Å². The lowest BCUT2D eigenvalue weighted by molar-refractivity contribution is -0.140. The number of nitrogens with zero attached hydrogens (tertiary/aromatic N) is 2. The van der Waals surface area contributed by atoms with Crippen LogP contribution in [0.25, 0.3) is 0 Å². The molecule has 0 aliphatic rings. The van der Waals surface area contributed by atoms with Crippen molar-refractivity contribution in [1.29, 1.82) is 0 Å². The molecule has 0 aliphatic heterocycles. The summed E-state index contributed by atoms with van der Waals surface area (Å²) in [6, 6.07) is 24.3. The monoisotopic (exact) mass is 683 g/mol. The SMILES string of the molecule is Cc1ccc(S(=O)(=O)N(CC(=O)N(Cc2ccc(F)cc2)[C@H](Cc2ccccc2)C(=O)NCC(C)C)c2cc(Cl)ccc2Cl)cc1. The summed E-state index contributed by atoms with van der Waals surface area (Å²) in [6.45, 7) is 5.32. The summed E-state index contributed by atoms with van der Waals surface area (Å²) in [5.41, 5.74) is 2.21. The molecular weight excluding hydrogens is 648 g/mol. The number of sulfonamides is 1. The van der Waals surface area contributed by atoms with Crippen molar-refractivity contribution in [1.82, 2.24) is 10.2 Å². The number of anilines is 1. The molecule has 0 spiro atoms. The number of amides is 2. The first-order valence-corrected chi connectivity index (χ1v) is 16.9. The van der Waals surface area contributed by atoms with Crippen molar-refractivity contribution >= 4 is 50.7 Å². The van der Waals surface area contributed by atoms with Gasteiger partial charge in [0.15, 0.2) is 0 Å². The van der Waals surface area contributed by atoms with E-state index in [0.717, 1.165) is 15.4 Å². The van der Waals surface area contributed by atoms with E-state index in [1.165, 1.54) is 59.5 Å². The predicted molar refractivity (Wildman–Crippen MR) is 181 cm³/mol. The van der Waals surface area contributed by atoms with Gasteiger partial charge in [0.2, 0.25) is 11.8 Å². The molecule has 1 N–H and O–H groups in total. The Balaban J connectivity index is 1.82. The second-order valence-electron chi connectivity index (χ2n) is 11.4. The van der Waals surface area contributed by atoms with E-state index in [1.807, 2.05) is 51.1 Å². The standard InChI is InChI=1S/C35H36Cl2FN3O4S/c1-24(2)21-39-35(43)33(19-26-7-5-4-6-8-26)40(22-27-11-14-29(38)15-12-27)34(42)23-41(32-20-28(36)13-18-31(32)37)46(44,45)30-16-9-25(3)10-17-30/h4-18,20,24,33H,19,21-23H2,1-3H3,(H,39,43)/t33-/m1/s1. The molecule has 4 aromatic rings. The van der Waals surface area contributed by atoms with E-state index in [2.05, 4.69) is 5.32 Å². The quantitative estimate of drug-likeness (QED) is 0.164. The van der Waals surface area contributed by atoms with E-state index < -0.39 is 40.2 Å². The summed E-state index contributed by atoms with van der Waals surface area (Å²) >= 11 is 12.8. The largest absolute Gasteiger partial charge is 0.354 e. The van der Waals surface area contributed by atoms with Gasteiger partial charge < -0.3 is 10.2 Å². The van der Waals surface area contributed by atoms with Gasteiger partial charge in [0.25, 0.3) is 10.0 Å². The molecule has 0 aliphatic carbocycles. The minimum Gasteiger partial charge on any atom is -0.354 e. The zero-order chi connectivity index (χ0) is 33.4. The van der Waals surface area contributed by atoms with Crippen LogP contribution >= 0.6 is 23.2 Å². The number of carbonyl (C=O) groups is 2. The highest BCUT2D eigenvalue weighted by Gasteiger charge is 2.35. The van der Waals surface area contributed by atoms with Gasteiger partial charge in [0.1, 0.15) is 18.4 Å². The molecule has 2 amide bonds. The Morgan fingerprint density at radius 1 is 0.870 bits per heavy atom. The van der Waals surface area contributed by atoms with Crippen LogP contribution in [0.4, 0.5) is 10.1 Å². The van der Waals surface area contributed by atoms with Crippen LogP contribution in [0, 0.1) is 18.7 Å². The smallest absolute Gasteiger partial charge is 0.264 e. The zero-order valence-electron chi connectivity index (χ0n) is 25.8. The highest BCUT2D eigenvalue weighted by atomic mass is 35.5. The van der Waals surface area contributed by atoms with E-state index in [-0.39, 0.29) is 39.5 Å². The van der Waals surface area contributed by atoms with Crippen molar-refractivity contribution in [3.05, 3.63) is 130 Å². The van der Waals surface area contributed by atoms with E-state index in [9.17, 15) is 22.4 Å². The maximum atomic E-state index is 14.5. The lowest BCUT2D eigenvalue weighted by Gasteiger charge is -2.34. The predicted octanol–water partition coefficient (Wildman–Crippen LogP) is 7.05. The summed E-state index contributed by atoms with van der Waals surface area (Å²) in [6.07, 6.45) is 0.153. The highest BCUT2D eigenvalue weighted by molar-refractivity contribution is 7.92. The summed E-state index contributed by atoms with van der Waals surface area (Å²) in [5.74, 6) is -1.38. The molecule has 0 saturated carbocycles. The zero-order valence-corrected chi connectivity index (χ0v) is 28.1. The van der Waals surface area contributed by atoms with Crippen molar-refractivity contribution in [2.45, 2.75) is 44.7 Å². The van der Waals surface area contributed by atoms with Crippen LogP contribution in [0.3, 0.4) is 0 Å². The molecule has 46 heavy (non-hydrogen) atoms. The molecule has 0 bridgehead atoms. The van der Waals surface area contributed by atoms with Crippen LogP contribution in [-0.4, -0.2) is 44.3 Å². The fourth-order valence-electron chi connectivity index (χ4n) is 4.79. The minimum absolute atomic E-state index is 0.00805. The minimum atomic E-state index is -4.35. The molecule has 0 radical (unpaired) electrons. The van der Waals surface area contributed by atoms with Gasteiger partial charge in [-0.15, -0.1) is 0 Å². The number of carbonyl (C=O) groups excluding carboxylic acids is 2. The highest BCUT2D eigenvalue weighted by Crippen LogP contribution is 2.33. The normalized spacial score (nSPS) is 12.1. The van der Waals surface area contributed by atoms with Crippen molar-refractivity contribution in [2.24, 2.45) is 5.92 Å². The number of rotatable bonds is 13. The molecule has 7 nitrogen and oxygen atoms in total. The van der Waals surface area contributed by atoms with Crippen molar-refractivity contribution in [3.8, 4) is 0 Å². The van der Waals surface area contributed by atoms with Crippen LogP contribution in [0.1, 0.15) is 30.5 Å².